The molecule has 13 heteroatoms. The highest BCUT2D eigenvalue weighted by Crippen LogP contribution is 2.34. The number of piperazine rings is 1. The second-order valence-electron chi connectivity index (χ2n) is 13.4. The Morgan fingerprint density at radius 3 is 2.39 bits per heavy atom. The van der Waals surface area contributed by atoms with Crippen LogP contribution in [0.5, 0.6) is 0 Å². The van der Waals surface area contributed by atoms with Gasteiger partial charge in [-0.05, 0) is 81.4 Å². The van der Waals surface area contributed by atoms with E-state index < -0.39 is 17.6 Å². The van der Waals surface area contributed by atoms with Crippen molar-refractivity contribution in [2.45, 2.75) is 39.7 Å². The molecule has 0 aromatic heterocycles. The lowest BCUT2D eigenvalue weighted by Gasteiger charge is -2.37. The van der Waals surface area contributed by atoms with Crippen LogP contribution >= 0.6 is 0 Å². The van der Waals surface area contributed by atoms with Crippen molar-refractivity contribution in [3.05, 3.63) is 94.6 Å². The van der Waals surface area contributed by atoms with Gasteiger partial charge in [0.2, 0.25) is 0 Å². The molecule has 10 nitrogen and oxygen atoms in total. The van der Waals surface area contributed by atoms with Crippen LogP contribution in [0.2, 0.25) is 0 Å². The molecule has 3 aromatic carbocycles. The van der Waals surface area contributed by atoms with E-state index in [1.807, 2.05) is 39.0 Å². The van der Waals surface area contributed by atoms with Gasteiger partial charge in [-0.15, -0.1) is 0 Å². The average Bonchev–Trinajstić information content (AvgIpc) is 3.08. The van der Waals surface area contributed by atoms with E-state index in [4.69, 9.17) is 4.99 Å². The lowest BCUT2D eigenvalue weighted by Crippen LogP contribution is -2.52. The topological polar surface area (TPSA) is 86.8 Å². The second-order valence-corrected chi connectivity index (χ2v) is 13.4. The fourth-order valence-corrected chi connectivity index (χ4v) is 6.20. The van der Waals surface area contributed by atoms with E-state index in [1.165, 1.54) is 21.4 Å². The maximum atomic E-state index is 13.8. The smallest absolute Gasteiger partial charge is 0.378 e. The zero-order valence-corrected chi connectivity index (χ0v) is 30.3. The number of hydrogen-bond acceptors (Lipinski definition) is 7. The fraction of sp³-hybridized carbons (Fsp3) is 0.395. The summed E-state index contributed by atoms with van der Waals surface area (Å²) in [6.45, 7) is 11.0. The number of halogens is 3. The third-order valence-electron chi connectivity index (χ3n) is 9.20. The van der Waals surface area contributed by atoms with Gasteiger partial charge in [-0.25, -0.2) is 9.79 Å². The van der Waals surface area contributed by atoms with E-state index in [-0.39, 0.29) is 30.0 Å². The minimum atomic E-state index is -4.62. The number of allylic oxidation sites excluding steroid dienone is 1. The van der Waals surface area contributed by atoms with Crippen molar-refractivity contribution in [1.82, 2.24) is 14.7 Å². The number of aryl methyl sites for hydroxylation is 1. The van der Waals surface area contributed by atoms with Crippen LogP contribution in [-0.4, -0.2) is 99.6 Å². The third kappa shape index (κ3) is 9.08. The molecule has 0 bridgehead atoms. The van der Waals surface area contributed by atoms with Crippen molar-refractivity contribution in [2.24, 2.45) is 4.99 Å². The summed E-state index contributed by atoms with van der Waals surface area (Å²) in [5, 5.41) is 6.19. The summed E-state index contributed by atoms with van der Waals surface area (Å²) in [7, 11) is 7.04. The number of hydrogen-bond donors (Lipinski definition) is 2. The van der Waals surface area contributed by atoms with Gasteiger partial charge < -0.3 is 20.4 Å². The van der Waals surface area contributed by atoms with Crippen molar-refractivity contribution in [3.63, 3.8) is 0 Å². The van der Waals surface area contributed by atoms with E-state index in [2.05, 4.69) is 39.6 Å². The molecule has 2 N–H and O–H groups in total. The molecule has 0 aliphatic carbocycles. The number of benzene rings is 3. The minimum Gasteiger partial charge on any atom is -0.378 e. The number of urea groups is 1. The first-order valence-electron chi connectivity index (χ1n) is 17.0. The van der Waals surface area contributed by atoms with Crippen LogP contribution in [0.3, 0.4) is 0 Å². The van der Waals surface area contributed by atoms with Crippen LogP contribution in [0.4, 0.5) is 40.7 Å². The number of nitrogens with zero attached hydrogens (tertiary/aromatic N) is 6. The van der Waals surface area contributed by atoms with Crippen LogP contribution in [0.1, 0.15) is 40.9 Å². The van der Waals surface area contributed by atoms with Gasteiger partial charge in [-0.3, -0.25) is 19.5 Å². The summed E-state index contributed by atoms with van der Waals surface area (Å²) < 4.78 is 40.8. The van der Waals surface area contributed by atoms with Gasteiger partial charge >= 0.3 is 12.2 Å². The summed E-state index contributed by atoms with van der Waals surface area (Å²) in [5.41, 5.74) is 3.89. The number of aliphatic imine (C=N–C) groups is 1. The fourth-order valence-electron chi connectivity index (χ4n) is 6.20. The summed E-state index contributed by atoms with van der Waals surface area (Å²) in [6.07, 6.45) is -3.02. The van der Waals surface area contributed by atoms with Crippen LogP contribution in [0.25, 0.3) is 0 Å². The highest BCUT2D eigenvalue weighted by atomic mass is 19.4. The Balaban J connectivity index is 1.31. The summed E-state index contributed by atoms with van der Waals surface area (Å²) in [4.78, 5) is 41.4. The van der Waals surface area contributed by atoms with Crippen LogP contribution < -0.4 is 20.4 Å². The largest absolute Gasteiger partial charge is 0.416 e. The third-order valence-corrected chi connectivity index (χ3v) is 9.20. The zero-order valence-electron chi connectivity index (χ0n) is 30.3. The minimum absolute atomic E-state index is 0.133. The van der Waals surface area contributed by atoms with E-state index in [0.29, 0.717) is 17.2 Å². The Hall–Kier alpha value is -4.88. The molecular formula is C38H47F3N8O2. The highest BCUT2D eigenvalue weighted by molar-refractivity contribution is 6.15. The second kappa shape index (κ2) is 15.6. The first-order valence-corrected chi connectivity index (χ1v) is 17.0. The molecule has 3 aromatic rings. The molecule has 2 fully saturated rings. The van der Waals surface area contributed by atoms with E-state index >= 15 is 0 Å². The summed E-state index contributed by atoms with van der Waals surface area (Å²) in [6, 6.07) is 16.4. The van der Waals surface area contributed by atoms with E-state index in [9.17, 15) is 22.8 Å². The Kier molecular flexibility index (Phi) is 11.4. The van der Waals surface area contributed by atoms with Crippen molar-refractivity contribution in [1.29, 1.82) is 0 Å². The quantitative estimate of drug-likeness (QED) is 0.256. The van der Waals surface area contributed by atoms with E-state index in [0.717, 1.165) is 61.7 Å². The Morgan fingerprint density at radius 2 is 1.73 bits per heavy atom. The predicted octanol–water partition coefficient (Wildman–Crippen LogP) is 6.75. The number of carbonyl (C=O) groups is 2. The first-order chi connectivity index (χ1) is 24.1. The number of carbonyl (C=O) groups excluding carboxylic acids is 2. The van der Waals surface area contributed by atoms with E-state index in [1.54, 1.807) is 44.2 Å². The number of likely N-dealkylation sites (N-methyl/N-ethyl adjacent to an activating group) is 2. The van der Waals surface area contributed by atoms with Crippen molar-refractivity contribution < 1.29 is 22.8 Å². The molecule has 272 valence electrons. The normalized spacial score (nSPS) is 18.4. The standard InChI is InChI=1S/C38H47F3N8O2/c1-8-28-24-49(34-22-32(13-12-25(34)2)44-36(50)29-19-30(38(39,40)41)21-33(20-29)45(4)5)37(51)47(7)35(28)43-26(3)42-31-11-9-10-27(18-31)23-48-16-14-46(6)15-17-48/h8-13,18-22,26,42H,14-17,23-24H2,1-7H3,(H,44,50)/b28-8-,43-35+. The predicted molar refractivity (Wildman–Crippen MR) is 199 cm³/mol. The molecule has 1 atom stereocenters. The zero-order chi connectivity index (χ0) is 37.0. The van der Waals surface area contributed by atoms with Crippen molar-refractivity contribution >= 4 is 40.5 Å². The molecule has 2 aliphatic rings. The monoisotopic (exact) mass is 704 g/mol. The lowest BCUT2D eigenvalue weighted by atomic mass is 10.1. The first kappa shape index (κ1) is 37.4. The molecule has 0 radical (unpaired) electrons. The molecule has 2 heterocycles. The number of amides is 3. The summed E-state index contributed by atoms with van der Waals surface area (Å²) >= 11 is 0. The maximum Gasteiger partial charge on any atom is 0.416 e. The number of amidine groups is 1. The van der Waals surface area contributed by atoms with Gasteiger partial charge in [0, 0.05) is 82.1 Å². The molecule has 51 heavy (non-hydrogen) atoms. The number of anilines is 4. The number of rotatable bonds is 9. The molecule has 3 amide bonds. The molecule has 2 aliphatic heterocycles. The SMILES string of the molecule is C/C=C1/CN(c2cc(NC(=O)c3cc(N(C)C)cc(C(F)(F)F)c3)ccc2C)C(=O)N(C)/C1=N/C(C)Nc1cccc(CN2CCN(C)CC2)c1. The van der Waals surface area contributed by atoms with Gasteiger partial charge in [0.05, 0.1) is 17.8 Å². The molecule has 2 saturated heterocycles. The average molecular weight is 705 g/mol. The summed E-state index contributed by atoms with van der Waals surface area (Å²) in [5.74, 6) is -0.147. The van der Waals surface area contributed by atoms with Crippen molar-refractivity contribution in [2.75, 3.05) is 81.3 Å². The molecular weight excluding hydrogens is 657 g/mol. The highest BCUT2D eigenvalue weighted by Gasteiger charge is 2.34. The van der Waals surface area contributed by atoms with Gasteiger partial charge in [-0.1, -0.05) is 24.3 Å². The van der Waals surface area contributed by atoms with Crippen LogP contribution in [-0.2, 0) is 12.7 Å². The lowest BCUT2D eigenvalue weighted by molar-refractivity contribution is -0.137. The van der Waals surface area contributed by atoms with Crippen LogP contribution in [0.15, 0.2) is 77.3 Å². The molecule has 0 spiro atoms. The number of alkyl halides is 3. The molecule has 5 rings (SSSR count). The van der Waals surface area contributed by atoms with Gasteiger partial charge in [0.15, 0.2) is 0 Å². The van der Waals surface area contributed by atoms with Crippen molar-refractivity contribution in [3.8, 4) is 0 Å². The van der Waals surface area contributed by atoms with Gasteiger partial charge in [0.25, 0.3) is 5.91 Å². The van der Waals surface area contributed by atoms with Gasteiger partial charge in [0.1, 0.15) is 12.0 Å². The van der Waals surface area contributed by atoms with Gasteiger partial charge in [-0.2, -0.15) is 13.2 Å². The Labute approximate surface area is 298 Å². The molecule has 1 unspecified atom stereocenters. The number of nitrogens with one attached hydrogen (secondary N) is 2. The Bertz CT molecular complexity index is 1810. The maximum absolute atomic E-state index is 13.8. The van der Waals surface area contributed by atoms with Crippen LogP contribution in [0, 0.1) is 6.92 Å². The Morgan fingerprint density at radius 1 is 1.00 bits per heavy atom. The molecule has 0 saturated carbocycles.